The zero-order chi connectivity index (χ0) is 18.5. The van der Waals surface area contributed by atoms with Crippen LogP contribution < -0.4 is 9.47 Å². The van der Waals surface area contributed by atoms with E-state index in [4.69, 9.17) is 14.2 Å². The van der Waals surface area contributed by atoms with Crippen molar-refractivity contribution in [2.75, 3.05) is 27.3 Å². The average molecular weight is 377 g/mol. The molecule has 138 valence electrons. The van der Waals surface area contributed by atoms with Crippen molar-refractivity contribution in [2.24, 2.45) is 0 Å². The summed E-state index contributed by atoms with van der Waals surface area (Å²) in [7, 11) is -0.817. The summed E-state index contributed by atoms with van der Waals surface area (Å²) in [6, 6.07) is 4.71. The van der Waals surface area contributed by atoms with Crippen molar-refractivity contribution in [2.45, 2.75) is 24.0 Å². The van der Waals surface area contributed by atoms with Crippen molar-refractivity contribution in [1.29, 1.82) is 0 Å². The second-order valence-electron chi connectivity index (χ2n) is 6.35. The smallest absolute Gasteiger partial charge is 0.247 e. The highest BCUT2D eigenvalue weighted by atomic mass is 32.2. The fraction of sp³-hybridized carbons (Fsp3) is 0.412. The monoisotopic (exact) mass is 377 g/mol. The van der Waals surface area contributed by atoms with Crippen LogP contribution in [0.5, 0.6) is 11.5 Å². The zero-order valence-corrected chi connectivity index (χ0v) is 15.5. The van der Waals surface area contributed by atoms with Crippen LogP contribution in [0, 0.1) is 6.92 Å². The van der Waals surface area contributed by atoms with E-state index in [-0.39, 0.29) is 23.7 Å². The lowest BCUT2D eigenvalue weighted by molar-refractivity contribution is -0.112. The Morgan fingerprint density at radius 3 is 2.69 bits per heavy atom. The topological polar surface area (TPSA) is 90.9 Å². The number of benzene rings is 1. The molecule has 2 aromatic rings. The first-order chi connectivity index (χ1) is 12.4. The minimum Gasteiger partial charge on any atom is -0.497 e. The molecule has 0 radical (unpaired) electrons. The molecule has 26 heavy (non-hydrogen) atoms. The third kappa shape index (κ3) is 2.46. The van der Waals surface area contributed by atoms with Gasteiger partial charge < -0.3 is 14.2 Å². The van der Waals surface area contributed by atoms with Gasteiger partial charge in [-0.1, -0.05) is 0 Å². The summed E-state index contributed by atoms with van der Waals surface area (Å²) in [5, 5.41) is 0. The molecule has 4 rings (SSSR count). The molecule has 0 amide bonds. The van der Waals surface area contributed by atoms with Gasteiger partial charge in [0.15, 0.2) is 0 Å². The number of fused-ring (bicyclic) bond motifs is 2. The molecule has 1 aromatic heterocycles. The van der Waals surface area contributed by atoms with E-state index < -0.39 is 15.6 Å². The molecule has 8 nitrogen and oxygen atoms in total. The van der Waals surface area contributed by atoms with E-state index in [1.54, 1.807) is 18.3 Å². The number of rotatable bonds is 4. The summed E-state index contributed by atoms with van der Waals surface area (Å²) in [6.07, 6.45) is 1.74. The van der Waals surface area contributed by atoms with Crippen LogP contribution in [0.3, 0.4) is 0 Å². The molecule has 9 heteroatoms. The van der Waals surface area contributed by atoms with Crippen LogP contribution in [-0.4, -0.2) is 50.0 Å². The van der Waals surface area contributed by atoms with Crippen molar-refractivity contribution in [1.82, 2.24) is 14.3 Å². The van der Waals surface area contributed by atoms with Crippen LogP contribution in [0.25, 0.3) is 0 Å². The van der Waals surface area contributed by atoms with E-state index in [2.05, 4.69) is 9.97 Å². The summed E-state index contributed by atoms with van der Waals surface area (Å²) < 4.78 is 43.8. The minimum atomic E-state index is -3.74. The predicted octanol–water partition coefficient (Wildman–Crippen LogP) is 1.23. The van der Waals surface area contributed by atoms with Gasteiger partial charge in [-0.3, -0.25) is 0 Å². The van der Waals surface area contributed by atoms with Crippen LogP contribution in [-0.2, 0) is 27.0 Å². The third-order valence-electron chi connectivity index (χ3n) is 4.82. The number of hydrogen-bond donors (Lipinski definition) is 0. The average Bonchev–Trinajstić information content (AvgIpc) is 2.98. The number of sulfonamides is 1. The van der Waals surface area contributed by atoms with Gasteiger partial charge >= 0.3 is 0 Å². The molecule has 1 aromatic carbocycles. The van der Waals surface area contributed by atoms with E-state index in [0.717, 1.165) is 11.3 Å². The van der Waals surface area contributed by atoms with Gasteiger partial charge in [-0.15, -0.1) is 0 Å². The molecule has 0 atom stereocenters. The van der Waals surface area contributed by atoms with Crippen LogP contribution in [0.15, 0.2) is 29.3 Å². The SMILES string of the molecule is COc1ccc(OC)c(S(=O)(=O)N2CC3(C2)OCc2nc(C)ncc23)c1. The first-order valence-electron chi connectivity index (χ1n) is 8.09. The molecule has 1 spiro atoms. The standard InChI is InChI=1S/C17H19N3O5S/c1-11-18-7-13-14(19-11)8-25-17(13)9-20(10-17)26(21,22)16-6-12(23-2)4-5-15(16)24-3/h4-7H,8-10H2,1-3H3. The Labute approximate surface area is 151 Å². The van der Waals surface area contributed by atoms with Gasteiger partial charge in [-0.25, -0.2) is 18.4 Å². The number of hydrogen-bond acceptors (Lipinski definition) is 7. The maximum Gasteiger partial charge on any atom is 0.247 e. The molecule has 0 unspecified atom stereocenters. The third-order valence-corrected chi connectivity index (χ3v) is 6.63. The van der Waals surface area contributed by atoms with Crippen molar-refractivity contribution < 1.29 is 22.6 Å². The summed E-state index contributed by atoms with van der Waals surface area (Å²) in [4.78, 5) is 8.69. The van der Waals surface area contributed by atoms with Crippen molar-refractivity contribution in [3.05, 3.63) is 41.5 Å². The number of ether oxygens (including phenoxy) is 3. The summed E-state index contributed by atoms with van der Waals surface area (Å²) in [6.45, 7) is 2.62. The highest BCUT2D eigenvalue weighted by Gasteiger charge is 2.55. The van der Waals surface area contributed by atoms with E-state index in [0.29, 0.717) is 18.2 Å². The van der Waals surface area contributed by atoms with E-state index in [1.165, 1.54) is 24.6 Å². The Hall–Kier alpha value is -2.23. The van der Waals surface area contributed by atoms with Crippen LogP contribution in [0.2, 0.25) is 0 Å². The van der Waals surface area contributed by atoms with Crippen molar-refractivity contribution in [3.63, 3.8) is 0 Å². The number of aromatic nitrogens is 2. The maximum absolute atomic E-state index is 13.1. The Morgan fingerprint density at radius 1 is 1.23 bits per heavy atom. The lowest BCUT2D eigenvalue weighted by Crippen LogP contribution is -2.61. The van der Waals surface area contributed by atoms with Crippen LogP contribution in [0.1, 0.15) is 17.1 Å². The quantitative estimate of drug-likeness (QED) is 0.791. The summed E-state index contributed by atoms with van der Waals surface area (Å²) in [5.74, 6) is 1.40. The molecule has 0 aliphatic carbocycles. The Balaban J connectivity index is 1.64. The largest absolute Gasteiger partial charge is 0.497 e. The number of nitrogens with zero attached hydrogens (tertiary/aromatic N) is 3. The lowest BCUT2D eigenvalue weighted by Gasteiger charge is -2.46. The van der Waals surface area contributed by atoms with Crippen molar-refractivity contribution >= 4 is 10.0 Å². The Morgan fingerprint density at radius 2 is 2.00 bits per heavy atom. The van der Waals surface area contributed by atoms with Crippen LogP contribution >= 0.6 is 0 Å². The molecule has 2 aliphatic heterocycles. The zero-order valence-electron chi connectivity index (χ0n) is 14.7. The second-order valence-corrected chi connectivity index (χ2v) is 8.26. The summed E-state index contributed by atoms with van der Waals surface area (Å²) >= 11 is 0. The van der Waals surface area contributed by atoms with Gasteiger partial charge in [0, 0.05) is 30.9 Å². The van der Waals surface area contributed by atoms with Gasteiger partial charge in [0.1, 0.15) is 27.8 Å². The predicted molar refractivity (Wildman–Crippen MR) is 91.5 cm³/mol. The summed E-state index contributed by atoms with van der Waals surface area (Å²) in [5.41, 5.74) is 1.03. The second kappa shape index (κ2) is 5.90. The molecular formula is C17H19N3O5S. The van der Waals surface area contributed by atoms with Gasteiger partial charge in [-0.2, -0.15) is 4.31 Å². The molecular weight excluding hydrogens is 358 g/mol. The van der Waals surface area contributed by atoms with E-state index in [9.17, 15) is 8.42 Å². The minimum absolute atomic E-state index is 0.0765. The fourth-order valence-corrected chi connectivity index (χ4v) is 5.08. The van der Waals surface area contributed by atoms with Gasteiger partial charge in [0.2, 0.25) is 10.0 Å². The highest BCUT2D eigenvalue weighted by Crippen LogP contribution is 2.45. The molecule has 1 saturated heterocycles. The Kier molecular flexibility index (Phi) is 3.90. The molecule has 1 fully saturated rings. The maximum atomic E-state index is 13.1. The normalized spacial score (nSPS) is 18.4. The first-order valence-corrected chi connectivity index (χ1v) is 9.53. The van der Waals surface area contributed by atoms with Crippen LogP contribution in [0.4, 0.5) is 0 Å². The number of methoxy groups -OCH3 is 2. The molecule has 0 N–H and O–H groups in total. The lowest BCUT2D eigenvalue weighted by atomic mass is 9.90. The fourth-order valence-electron chi connectivity index (χ4n) is 3.37. The first kappa shape index (κ1) is 17.2. The van der Waals surface area contributed by atoms with Gasteiger partial charge in [-0.05, 0) is 19.1 Å². The van der Waals surface area contributed by atoms with Gasteiger partial charge in [0.25, 0.3) is 0 Å². The van der Waals surface area contributed by atoms with Crippen molar-refractivity contribution in [3.8, 4) is 11.5 Å². The Bertz CT molecular complexity index is 970. The van der Waals surface area contributed by atoms with E-state index in [1.807, 2.05) is 6.92 Å². The number of aryl methyl sites for hydroxylation is 1. The van der Waals surface area contributed by atoms with Gasteiger partial charge in [0.05, 0.1) is 26.5 Å². The molecule has 2 aliphatic rings. The molecule has 0 saturated carbocycles. The molecule has 0 bridgehead atoms. The molecule has 3 heterocycles. The van der Waals surface area contributed by atoms with E-state index >= 15 is 0 Å². The highest BCUT2D eigenvalue weighted by molar-refractivity contribution is 7.89.